The van der Waals surface area contributed by atoms with Crippen LogP contribution in [0.25, 0.3) is 0 Å². The molecule has 1 fully saturated rings. The molecule has 0 bridgehead atoms. The molecule has 0 aromatic carbocycles. The summed E-state index contributed by atoms with van der Waals surface area (Å²) in [6.45, 7) is 4.69. The van der Waals surface area contributed by atoms with Gasteiger partial charge in [0.1, 0.15) is 0 Å². The average molecular weight is 215 g/mol. The standard InChI is InChI=1S/C9H18BNO4/c1-7(2)15-9(12)11-5-3-8(4-6-11)10(13)14/h7-8,13-14H,3-6H2,1-2H3. The first-order chi connectivity index (χ1) is 7.00. The maximum atomic E-state index is 11.5. The van der Waals surface area contributed by atoms with Crippen LogP contribution in [0.1, 0.15) is 26.7 Å². The zero-order valence-electron chi connectivity index (χ0n) is 9.22. The van der Waals surface area contributed by atoms with E-state index in [4.69, 9.17) is 14.8 Å². The number of hydrogen-bond acceptors (Lipinski definition) is 4. The largest absolute Gasteiger partial charge is 0.454 e. The molecule has 0 aliphatic carbocycles. The smallest absolute Gasteiger partial charge is 0.447 e. The van der Waals surface area contributed by atoms with Gasteiger partial charge in [-0.1, -0.05) is 0 Å². The van der Waals surface area contributed by atoms with E-state index in [1.54, 1.807) is 4.90 Å². The van der Waals surface area contributed by atoms with Gasteiger partial charge in [-0.05, 0) is 32.5 Å². The van der Waals surface area contributed by atoms with Crippen LogP contribution in [0.5, 0.6) is 0 Å². The zero-order valence-corrected chi connectivity index (χ0v) is 9.22. The summed E-state index contributed by atoms with van der Waals surface area (Å²) in [5, 5.41) is 17.9. The number of piperidine rings is 1. The third kappa shape index (κ3) is 3.72. The van der Waals surface area contributed by atoms with Crippen molar-refractivity contribution < 1.29 is 19.6 Å². The Morgan fingerprint density at radius 2 is 1.93 bits per heavy atom. The van der Waals surface area contributed by atoms with Gasteiger partial charge in [0.2, 0.25) is 0 Å². The van der Waals surface area contributed by atoms with Gasteiger partial charge in [0.05, 0.1) is 6.10 Å². The van der Waals surface area contributed by atoms with Crippen LogP contribution < -0.4 is 0 Å². The van der Waals surface area contributed by atoms with E-state index in [1.807, 2.05) is 13.8 Å². The second-order valence-corrected chi connectivity index (χ2v) is 4.17. The number of carbonyl (C=O) groups is 1. The van der Waals surface area contributed by atoms with E-state index in [2.05, 4.69) is 0 Å². The Morgan fingerprint density at radius 1 is 1.40 bits per heavy atom. The average Bonchev–Trinajstić information content (AvgIpc) is 2.17. The highest BCUT2D eigenvalue weighted by Gasteiger charge is 2.30. The molecule has 1 aliphatic heterocycles. The lowest BCUT2D eigenvalue weighted by atomic mass is 9.68. The molecule has 86 valence electrons. The number of amides is 1. The van der Waals surface area contributed by atoms with Crippen LogP contribution in [-0.4, -0.2) is 47.4 Å². The fourth-order valence-electron chi connectivity index (χ4n) is 1.66. The van der Waals surface area contributed by atoms with Gasteiger partial charge in [-0.2, -0.15) is 0 Å². The molecule has 1 amide bonds. The maximum absolute atomic E-state index is 11.5. The Labute approximate surface area is 90.2 Å². The summed E-state index contributed by atoms with van der Waals surface area (Å²) in [4.78, 5) is 13.1. The Balaban J connectivity index is 2.34. The lowest BCUT2D eigenvalue weighted by Gasteiger charge is -2.31. The van der Waals surface area contributed by atoms with Crippen LogP contribution in [0.4, 0.5) is 4.79 Å². The Kier molecular flexibility index (Phi) is 4.41. The van der Waals surface area contributed by atoms with Gasteiger partial charge in [-0.15, -0.1) is 0 Å². The van der Waals surface area contributed by atoms with Crippen LogP contribution >= 0.6 is 0 Å². The number of nitrogens with zero attached hydrogens (tertiary/aromatic N) is 1. The van der Waals surface area contributed by atoms with Gasteiger partial charge < -0.3 is 19.7 Å². The molecule has 0 unspecified atom stereocenters. The van der Waals surface area contributed by atoms with Crippen molar-refractivity contribution in [3.8, 4) is 0 Å². The number of hydrogen-bond donors (Lipinski definition) is 2. The van der Waals surface area contributed by atoms with Gasteiger partial charge in [-0.25, -0.2) is 4.79 Å². The van der Waals surface area contributed by atoms with Crippen molar-refractivity contribution in [1.82, 2.24) is 4.90 Å². The van der Waals surface area contributed by atoms with E-state index >= 15 is 0 Å². The molecule has 0 radical (unpaired) electrons. The SMILES string of the molecule is CC(C)OC(=O)N1CCC(B(O)O)CC1. The molecule has 0 saturated carbocycles. The summed E-state index contributed by atoms with van der Waals surface area (Å²) in [7, 11) is -1.27. The van der Waals surface area contributed by atoms with Gasteiger partial charge in [0, 0.05) is 13.1 Å². The second kappa shape index (κ2) is 5.37. The minimum atomic E-state index is -1.27. The van der Waals surface area contributed by atoms with Crippen LogP contribution in [0.2, 0.25) is 5.82 Å². The minimum Gasteiger partial charge on any atom is -0.447 e. The Hall–Kier alpha value is -0.745. The molecule has 0 spiro atoms. The maximum Gasteiger partial charge on any atom is 0.454 e. The van der Waals surface area contributed by atoms with Crippen molar-refractivity contribution in [3.63, 3.8) is 0 Å². The van der Waals surface area contributed by atoms with E-state index < -0.39 is 7.12 Å². The van der Waals surface area contributed by atoms with Crippen LogP contribution in [0.3, 0.4) is 0 Å². The first kappa shape index (κ1) is 12.3. The van der Waals surface area contributed by atoms with Gasteiger partial charge in [0.15, 0.2) is 0 Å². The molecule has 1 saturated heterocycles. The molecule has 0 aromatic heterocycles. The van der Waals surface area contributed by atoms with Crippen LogP contribution in [0.15, 0.2) is 0 Å². The van der Waals surface area contributed by atoms with Crippen molar-refractivity contribution in [2.75, 3.05) is 13.1 Å². The molecular formula is C9H18BNO4. The fraction of sp³-hybridized carbons (Fsp3) is 0.889. The monoisotopic (exact) mass is 215 g/mol. The highest BCUT2D eigenvalue weighted by Crippen LogP contribution is 2.24. The molecule has 1 heterocycles. The van der Waals surface area contributed by atoms with Crippen molar-refractivity contribution in [1.29, 1.82) is 0 Å². The molecule has 0 atom stereocenters. The number of ether oxygens (including phenoxy) is 1. The summed E-state index contributed by atoms with van der Waals surface area (Å²) in [5.74, 6) is -0.118. The number of carbonyl (C=O) groups excluding carboxylic acids is 1. The molecule has 1 aliphatic rings. The number of rotatable bonds is 2. The predicted octanol–water partition coefficient (Wildman–Crippen LogP) is 0.470. The normalized spacial score (nSPS) is 18.1. The van der Waals surface area contributed by atoms with Crippen molar-refractivity contribution in [2.45, 2.75) is 38.6 Å². The lowest BCUT2D eigenvalue weighted by molar-refractivity contribution is 0.0701. The lowest BCUT2D eigenvalue weighted by Crippen LogP contribution is -2.41. The van der Waals surface area contributed by atoms with E-state index in [-0.39, 0.29) is 18.0 Å². The second-order valence-electron chi connectivity index (χ2n) is 4.17. The number of likely N-dealkylation sites (tertiary alicyclic amines) is 1. The van der Waals surface area contributed by atoms with Crippen molar-refractivity contribution in [2.24, 2.45) is 0 Å². The third-order valence-corrected chi connectivity index (χ3v) is 2.56. The van der Waals surface area contributed by atoms with E-state index in [1.165, 1.54) is 0 Å². The minimum absolute atomic E-state index is 0.112. The van der Waals surface area contributed by atoms with Crippen molar-refractivity contribution >= 4 is 13.2 Å². The van der Waals surface area contributed by atoms with E-state index in [9.17, 15) is 4.79 Å². The summed E-state index contributed by atoms with van der Waals surface area (Å²) < 4.78 is 5.05. The Morgan fingerprint density at radius 3 is 2.33 bits per heavy atom. The summed E-state index contributed by atoms with van der Waals surface area (Å²) in [6, 6.07) is 0. The molecule has 0 aromatic rings. The van der Waals surface area contributed by atoms with Crippen molar-refractivity contribution in [3.05, 3.63) is 0 Å². The van der Waals surface area contributed by atoms with Gasteiger partial charge in [0.25, 0.3) is 0 Å². The van der Waals surface area contributed by atoms with E-state index in [0.29, 0.717) is 25.9 Å². The molecule has 15 heavy (non-hydrogen) atoms. The fourth-order valence-corrected chi connectivity index (χ4v) is 1.66. The zero-order chi connectivity index (χ0) is 11.4. The first-order valence-electron chi connectivity index (χ1n) is 5.32. The Bertz CT molecular complexity index is 214. The molecule has 2 N–H and O–H groups in total. The molecule has 5 nitrogen and oxygen atoms in total. The quantitative estimate of drug-likeness (QED) is 0.657. The topological polar surface area (TPSA) is 70.0 Å². The molecular weight excluding hydrogens is 197 g/mol. The highest BCUT2D eigenvalue weighted by molar-refractivity contribution is 6.43. The summed E-state index contributed by atoms with van der Waals surface area (Å²) in [5.41, 5.74) is 0. The highest BCUT2D eigenvalue weighted by atomic mass is 16.6. The van der Waals surface area contributed by atoms with Crippen LogP contribution in [0, 0.1) is 0 Å². The molecule has 1 rings (SSSR count). The van der Waals surface area contributed by atoms with Gasteiger partial charge in [-0.3, -0.25) is 0 Å². The summed E-state index contributed by atoms with van der Waals surface area (Å²) >= 11 is 0. The predicted molar refractivity (Wildman–Crippen MR) is 56.4 cm³/mol. The summed E-state index contributed by atoms with van der Waals surface area (Å²) in [6.07, 6.45) is 0.810. The molecule has 6 heteroatoms. The first-order valence-corrected chi connectivity index (χ1v) is 5.32. The van der Waals surface area contributed by atoms with Gasteiger partial charge >= 0.3 is 13.2 Å². The third-order valence-electron chi connectivity index (χ3n) is 2.56. The van der Waals surface area contributed by atoms with Crippen LogP contribution in [-0.2, 0) is 4.74 Å². The van der Waals surface area contributed by atoms with E-state index in [0.717, 1.165) is 0 Å².